The van der Waals surface area contributed by atoms with E-state index in [-0.39, 0.29) is 0 Å². The summed E-state index contributed by atoms with van der Waals surface area (Å²) in [5.41, 5.74) is 4.61. The summed E-state index contributed by atoms with van der Waals surface area (Å²) in [6, 6.07) is 28.7. The third kappa shape index (κ3) is 3.87. The first-order valence-corrected chi connectivity index (χ1v) is 9.77. The molecule has 0 bridgehead atoms. The average Bonchev–Trinajstić information content (AvgIpc) is 2.70. The fourth-order valence-corrected chi connectivity index (χ4v) is 4.09. The predicted molar refractivity (Wildman–Crippen MR) is 116 cm³/mol. The van der Waals surface area contributed by atoms with Crippen LogP contribution in [0.2, 0.25) is 0 Å². The summed E-state index contributed by atoms with van der Waals surface area (Å²) >= 11 is 7.25. The Morgan fingerprint density at radius 1 is 0.846 bits per heavy atom. The van der Waals surface area contributed by atoms with Gasteiger partial charge in [-0.3, -0.25) is 0 Å². The summed E-state index contributed by atoms with van der Waals surface area (Å²) in [5, 5.41) is 0. The van der Waals surface area contributed by atoms with Crippen molar-refractivity contribution in [1.82, 2.24) is 0 Å². The molecule has 0 amide bonds. The topological polar surface area (TPSA) is 0 Å². The van der Waals surface area contributed by atoms with Crippen LogP contribution < -0.4 is 0 Å². The maximum atomic E-state index is 5.49. The van der Waals surface area contributed by atoms with Gasteiger partial charge in [0.15, 0.2) is 0 Å². The number of hydrogen-bond donors (Lipinski definition) is 0. The molecular formula is C24H17S2. The van der Waals surface area contributed by atoms with Crippen molar-refractivity contribution >= 4 is 34.4 Å². The highest BCUT2D eigenvalue weighted by molar-refractivity contribution is 7.99. The molecule has 26 heavy (non-hydrogen) atoms. The van der Waals surface area contributed by atoms with E-state index in [4.69, 9.17) is 12.2 Å². The lowest BCUT2D eigenvalue weighted by atomic mass is 9.95. The van der Waals surface area contributed by atoms with E-state index < -0.39 is 0 Å². The highest BCUT2D eigenvalue weighted by Gasteiger charge is 2.09. The molecule has 0 atom stereocenters. The molecule has 3 aromatic carbocycles. The Balaban J connectivity index is 1.58. The quantitative estimate of drug-likeness (QED) is 0.453. The zero-order chi connectivity index (χ0) is 17.8. The zero-order valence-corrected chi connectivity index (χ0v) is 15.8. The molecule has 0 nitrogen and oxygen atoms in total. The SMILES string of the molecule is S=C1CC=CC=C1c1ccc(-c2[c]ccc(Sc3ccccc3)c2)cc1. The van der Waals surface area contributed by atoms with E-state index >= 15 is 0 Å². The van der Waals surface area contributed by atoms with E-state index in [9.17, 15) is 0 Å². The number of benzene rings is 3. The van der Waals surface area contributed by atoms with Crippen LogP contribution in [0.5, 0.6) is 0 Å². The van der Waals surface area contributed by atoms with Crippen molar-refractivity contribution in [3.05, 3.63) is 103 Å². The van der Waals surface area contributed by atoms with Crippen molar-refractivity contribution in [3.8, 4) is 11.1 Å². The van der Waals surface area contributed by atoms with Gasteiger partial charge in [0.05, 0.1) is 0 Å². The first-order chi connectivity index (χ1) is 12.8. The van der Waals surface area contributed by atoms with Crippen molar-refractivity contribution < 1.29 is 0 Å². The molecule has 3 aromatic rings. The van der Waals surface area contributed by atoms with Crippen LogP contribution in [-0.4, -0.2) is 4.86 Å². The Morgan fingerprint density at radius 3 is 2.38 bits per heavy atom. The molecule has 4 rings (SSSR count). The second-order valence-electron chi connectivity index (χ2n) is 6.07. The second kappa shape index (κ2) is 7.86. The first kappa shape index (κ1) is 17.0. The smallest absolute Gasteiger partial charge is 0.0268 e. The summed E-state index contributed by atoms with van der Waals surface area (Å²) in [7, 11) is 0. The molecule has 0 spiro atoms. The molecule has 0 saturated carbocycles. The van der Waals surface area contributed by atoms with Crippen LogP contribution in [0.1, 0.15) is 12.0 Å². The highest BCUT2D eigenvalue weighted by Crippen LogP contribution is 2.31. The molecule has 1 aliphatic rings. The van der Waals surface area contributed by atoms with E-state index in [1.54, 1.807) is 11.8 Å². The largest absolute Gasteiger partial charge is 0.0901 e. The molecule has 0 unspecified atom stereocenters. The number of allylic oxidation sites excluding steroid dienone is 4. The van der Waals surface area contributed by atoms with Gasteiger partial charge >= 0.3 is 0 Å². The van der Waals surface area contributed by atoms with Crippen LogP contribution in [0.25, 0.3) is 16.7 Å². The van der Waals surface area contributed by atoms with Crippen LogP contribution in [0, 0.1) is 6.07 Å². The molecule has 125 valence electrons. The van der Waals surface area contributed by atoms with Gasteiger partial charge in [-0.2, -0.15) is 0 Å². The monoisotopic (exact) mass is 369 g/mol. The van der Waals surface area contributed by atoms with Crippen LogP contribution in [0.3, 0.4) is 0 Å². The Labute approximate surface area is 164 Å². The lowest BCUT2D eigenvalue weighted by Crippen LogP contribution is -2.00. The summed E-state index contributed by atoms with van der Waals surface area (Å²) in [6.45, 7) is 0. The van der Waals surface area contributed by atoms with Gasteiger partial charge in [-0.15, -0.1) is 0 Å². The minimum atomic E-state index is 0.857. The van der Waals surface area contributed by atoms with Crippen LogP contribution in [0.4, 0.5) is 0 Å². The number of hydrogen-bond acceptors (Lipinski definition) is 2. The van der Waals surface area contributed by atoms with Gasteiger partial charge in [-0.1, -0.05) is 90.7 Å². The molecule has 0 saturated heterocycles. The summed E-state index contributed by atoms with van der Waals surface area (Å²) < 4.78 is 0. The lowest BCUT2D eigenvalue weighted by Gasteiger charge is -2.12. The van der Waals surface area contributed by atoms with Crippen molar-refractivity contribution in [2.45, 2.75) is 16.2 Å². The van der Waals surface area contributed by atoms with Gasteiger partial charge in [-0.05, 0) is 52.6 Å². The lowest BCUT2D eigenvalue weighted by molar-refractivity contribution is 1.40. The molecule has 1 aliphatic carbocycles. The van der Waals surface area contributed by atoms with Crippen molar-refractivity contribution in [2.24, 2.45) is 0 Å². The van der Waals surface area contributed by atoms with Gasteiger partial charge < -0.3 is 0 Å². The van der Waals surface area contributed by atoms with Gasteiger partial charge in [0.2, 0.25) is 0 Å². The number of rotatable bonds is 4. The highest BCUT2D eigenvalue weighted by atomic mass is 32.2. The standard InChI is InChI=1S/C24H17S2/c25-24-12-5-4-11-23(24)19-15-13-18(14-16-19)20-7-6-10-22(17-20)26-21-8-2-1-3-9-21/h1-6,8-11,13-17H,12H2. The molecule has 2 heteroatoms. The molecular weight excluding hydrogens is 352 g/mol. The summed E-state index contributed by atoms with van der Waals surface area (Å²) in [5.74, 6) is 0. The van der Waals surface area contributed by atoms with E-state index in [2.05, 4.69) is 85.0 Å². The fraction of sp³-hybridized carbons (Fsp3) is 0.0417. The molecule has 0 aromatic heterocycles. The first-order valence-electron chi connectivity index (χ1n) is 8.55. The predicted octanol–water partition coefficient (Wildman–Crippen LogP) is 7.02. The molecule has 0 fully saturated rings. The Bertz CT molecular complexity index is 980. The molecule has 0 aliphatic heterocycles. The number of thiocarbonyl (C=S) groups is 1. The van der Waals surface area contributed by atoms with Crippen LogP contribution in [-0.2, 0) is 0 Å². The normalized spacial score (nSPS) is 13.5. The summed E-state index contributed by atoms with van der Waals surface area (Å²) in [4.78, 5) is 3.47. The Hall–Kier alpha value is -2.42. The van der Waals surface area contributed by atoms with Crippen molar-refractivity contribution in [2.75, 3.05) is 0 Å². The van der Waals surface area contributed by atoms with E-state index in [0.29, 0.717) is 0 Å². The van der Waals surface area contributed by atoms with Crippen LogP contribution >= 0.6 is 24.0 Å². The van der Waals surface area contributed by atoms with E-state index in [1.165, 1.54) is 20.9 Å². The van der Waals surface area contributed by atoms with Crippen LogP contribution in [0.15, 0.2) is 101 Å². The molecule has 0 N–H and O–H groups in total. The van der Waals surface area contributed by atoms with Crippen molar-refractivity contribution in [1.29, 1.82) is 0 Å². The zero-order valence-electron chi connectivity index (χ0n) is 14.2. The minimum Gasteiger partial charge on any atom is -0.0901 e. The van der Waals surface area contributed by atoms with Crippen molar-refractivity contribution in [3.63, 3.8) is 0 Å². The third-order valence-corrected chi connectivity index (χ3v) is 5.65. The third-order valence-electron chi connectivity index (χ3n) is 4.26. The average molecular weight is 370 g/mol. The van der Waals surface area contributed by atoms with E-state index in [1.807, 2.05) is 12.1 Å². The second-order valence-corrected chi connectivity index (χ2v) is 7.71. The Kier molecular flexibility index (Phi) is 5.14. The molecule has 1 radical (unpaired) electrons. The maximum absolute atomic E-state index is 5.49. The summed E-state index contributed by atoms with van der Waals surface area (Å²) in [6.07, 6.45) is 7.14. The fourth-order valence-electron chi connectivity index (χ4n) is 2.93. The van der Waals surface area contributed by atoms with E-state index in [0.717, 1.165) is 22.4 Å². The molecule has 0 heterocycles. The maximum Gasteiger partial charge on any atom is 0.0268 e. The van der Waals surface area contributed by atoms with Gasteiger partial charge in [-0.25, -0.2) is 0 Å². The minimum absolute atomic E-state index is 0.857. The van der Waals surface area contributed by atoms with Gasteiger partial charge in [0.1, 0.15) is 0 Å². The van der Waals surface area contributed by atoms with Gasteiger partial charge in [0, 0.05) is 21.1 Å². The Morgan fingerprint density at radius 2 is 1.62 bits per heavy atom. The van der Waals surface area contributed by atoms with Gasteiger partial charge in [0.25, 0.3) is 0 Å².